The molecule has 2 heterocycles. The summed E-state index contributed by atoms with van der Waals surface area (Å²) in [4.78, 5) is 18.6. The molecule has 0 spiro atoms. The van der Waals surface area contributed by atoms with Crippen molar-refractivity contribution in [3.63, 3.8) is 0 Å². The summed E-state index contributed by atoms with van der Waals surface area (Å²) in [7, 11) is 3.27. The molecule has 200 valence electrons. The summed E-state index contributed by atoms with van der Waals surface area (Å²) >= 11 is 1.50. The van der Waals surface area contributed by atoms with Gasteiger partial charge in [-0.2, -0.15) is 0 Å². The smallest absolute Gasteiger partial charge is 0.270 e. The van der Waals surface area contributed by atoms with E-state index in [1.807, 2.05) is 54.6 Å². The Morgan fingerprint density at radius 3 is 2.27 bits per heavy atom. The van der Waals surface area contributed by atoms with Crippen LogP contribution in [0.15, 0.2) is 95.1 Å². The molecule has 0 atom stereocenters. The zero-order valence-corrected chi connectivity index (χ0v) is 23.0. The number of carbonyl (C=O) groups excluding carboxylic acids is 1. The van der Waals surface area contributed by atoms with Crippen LogP contribution in [-0.2, 0) is 6.54 Å². The van der Waals surface area contributed by atoms with Gasteiger partial charge in [-0.3, -0.25) is 4.79 Å². The standard InChI is InChI=1S/C30H26N6O3S/c1-19-7-12-27(25(13-19)22-14-23(38-2)16-24(15-22)39-3)40-28-6-4-5-26(34-28)30(37)31-17-20-8-10-21(11-9-20)29-35-32-18-33-36-29/h4-16,18H,17H2,1-3H3,(H,31,37). The van der Waals surface area contributed by atoms with E-state index in [0.717, 1.165) is 32.7 Å². The van der Waals surface area contributed by atoms with Gasteiger partial charge in [-0.05, 0) is 53.9 Å². The SMILES string of the molecule is COc1cc(OC)cc(-c2cc(C)ccc2Sc2cccc(C(=O)NCc3ccc(-c4nncnn4)cc3)n2)c1. The number of amides is 1. The maximum absolute atomic E-state index is 12.9. The van der Waals surface area contributed by atoms with E-state index in [0.29, 0.717) is 34.6 Å². The molecule has 0 bridgehead atoms. The number of hydrogen-bond acceptors (Lipinski definition) is 9. The van der Waals surface area contributed by atoms with Gasteiger partial charge in [0.1, 0.15) is 22.2 Å². The van der Waals surface area contributed by atoms with Crippen molar-refractivity contribution in [2.75, 3.05) is 14.2 Å². The highest BCUT2D eigenvalue weighted by atomic mass is 32.2. The molecule has 10 heteroatoms. The molecule has 1 amide bonds. The normalized spacial score (nSPS) is 10.7. The lowest BCUT2D eigenvalue weighted by Gasteiger charge is -2.13. The van der Waals surface area contributed by atoms with Crippen molar-refractivity contribution in [2.45, 2.75) is 23.4 Å². The number of nitrogens with zero attached hydrogens (tertiary/aromatic N) is 5. The van der Waals surface area contributed by atoms with E-state index in [1.165, 1.54) is 18.1 Å². The fourth-order valence-electron chi connectivity index (χ4n) is 4.00. The maximum atomic E-state index is 12.9. The molecule has 9 nitrogen and oxygen atoms in total. The van der Waals surface area contributed by atoms with E-state index < -0.39 is 0 Å². The number of pyridine rings is 1. The largest absolute Gasteiger partial charge is 0.497 e. The minimum Gasteiger partial charge on any atom is -0.497 e. The number of aromatic nitrogens is 5. The Kier molecular flexibility index (Phi) is 8.26. The first kappa shape index (κ1) is 26.8. The Balaban J connectivity index is 1.31. The number of ether oxygens (including phenoxy) is 2. The second-order valence-corrected chi connectivity index (χ2v) is 9.88. The van der Waals surface area contributed by atoms with Crippen LogP contribution in [0.25, 0.3) is 22.5 Å². The minimum atomic E-state index is -0.256. The lowest BCUT2D eigenvalue weighted by atomic mass is 10.0. The van der Waals surface area contributed by atoms with Crippen LogP contribution < -0.4 is 14.8 Å². The Morgan fingerprint density at radius 2 is 1.57 bits per heavy atom. The lowest BCUT2D eigenvalue weighted by molar-refractivity contribution is 0.0945. The van der Waals surface area contributed by atoms with Crippen LogP contribution in [0, 0.1) is 6.92 Å². The van der Waals surface area contributed by atoms with Crippen LogP contribution in [0.4, 0.5) is 0 Å². The van der Waals surface area contributed by atoms with E-state index in [4.69, 9.17) is 9.47 Å². The van der Waals surface area contributed by atoms with E-state index in [2.05, 4.69) is 55.8 Å². The van der Waals surface area contributed by atoms with Crippen LogP contribution in [0.5, 0.6) is 11.5 Å². The molecule has 2 aromatic heterocycles. The molecule has 5 aromatic rings. The van der Waals surface area contributed by atoms with Gasteiger partial charge < -0.3 is 14.8 Å². The summed E-state index contributed by atoms with van der Waals surface area (Å²) < 4.78 is 11.0. The van der Waals surface area contributed by atoms with Gasteiger partial charge in [-0.1, -0.05) is 59.8 Å². The Morgan fingerprint density at radius 1 is 0.850 bits per heavy atom. The molecule has 0 radical (unpaired) electrons. The summed E-state index contributed by atoms with van der Waals surface area (Å²) in [6, 6.07) is 25.0. The Bertz CT molecular complexity index is 1610. The van der Waals surface area contributed by atoms with Gasteiger partial charge in [0, 0.05) is 23.1 Å². The van der Waals surface area contributed by atoms with Crippen LogP contribution in [0.2, 0.25) is 0 Å². The zero-order chi connectivity index (χ0) is 27.9. The summed E-state index contributed by atoms with van der Waals surface area (Å²) in [6.07, 6.45) is 1.28. The molecule has 1 N–H and O–H groups in total. The van der Waals surface area contributed by atoms with Crippen molar-refractivity contribution < 1.29 is 14.3 Å². The fraction of sp³-hybridized carbons (Fsp3) is 0.133. The molecule has 0 unspecified atom stereocenters. The first-order valence-corrected chi connectivity index (χ1v) is 13.2. The van der Waals surface area contributed by atoms with Crippen LogP contribution >= 0.6 is 11.8 Å². The number of carbonyl (C=O) groups is 1. The highest BCUT2D eigenvalue weighted by Gasteiger charge is 2.14. The molecule has 40 heavy (non-hydrogen) atoms. The summed E-state index contributed by atoms with van der Waals surface area (Å²) in [6.45, 7) is 2.40. The third-order valence-electron chi connectivity index (χ3n) is 6.04. The maximum Gasteiger partial charge on any atom is 0.270 e. The predicted molar refractivity (Wildman–Crippen MR) is 152 cm³/mol. The zero-order valence-electron chi connectivity index (χ0n) is 22.2. The molecule has 0 saturated carbocycles. The van der Waals surface area contributed by atoms with Gasteiger partial charge >= 0.3 is 0 Å². The number of benzene rings is 3. The first-order chi connectivity index (χ1) is 19.5. The van der Waals surface area contributed by atoms with Crippen molar-refractivity contribution in [1.82, 2.24) is 30.7 Å². The molecule has 5 rings (SSSR count). The first-order valence-electron chi connectivity index (χ1n) is 12.4. The molecule has 0 aliphatic heterocycles. The lowest BCUT2D eigenvalue weighted by Crippen LogP contribution is -2.23. The minimum absolute atomic E-state index is 0.256. The molecule has 0 aliphatic rings. The van der Waals surface area contributed by atoms with Crippen molar-refractivity contribution in [1.29, 1.82) is 0 Å². The van der Waals surface area contributed by atoms with E-state index in [9.17, 15) is 4.79 Å². The number of rotatable bonds is 9. The highest BCUT2D eigenvalue weighted by molar-refractivity contribution is 7.99. The van der Waals surface area contributed by atoms with E-state index in [1.54, 1.807) is 20.3 Å². The second kappa shape index (κ2) is 12.4. The molecule has 0 saturated heterocycles. The summed E-state index contributed by atoms with van der Waals surface area (Å²) in [5.74, 6) is 1.60. The van der Waals surface area contributed by atoms with Crippen molar-refractivity contribution in [2.24, 2.45) is 0 Å². The van der Waals surface area contributed by atoms with E-state index in [-0.39, 0.29) is 5.91 Å². The quantitative estimate of drug-likeness (QED) is 0.258. The van der Waals surface area contributed by atoms with Crippen LogP contribution in [0.3, 0.4) is 0 Å². The third-order valence-corrected chi connectivity index (χ3v) is 7.05. The van der Waals surface area contributed by atoms with Gasteiger partial charge in [0.05, 0.1) is 14.2 Å². The van der Waals surface area contributed by atoms with Gasteiger partial charge in [0.15, 0.2) is 6.33 Å². The topological polar surface area (TPSA) is 112 Å². The molecule has 3 aromatic carbocycles. The molecular weight excluding hydrogens is 524 g/mol. The average molecular weight is 551 g/mol. The third kappa shape index (κ3) is 6.41. The summed E-state index contributed by atoms with van der Waals surface area (Å²) in [5.41, 5.74) is 5.18. The van der Waals surface area contributed by atoms with Crippen LogP contribution in [0.1, 0.15) is 21.6 Å². The Labute approximate surface area is 236 Å². The average Bonchev–Trinajstić information content (AvgIpc) is 3.01. The number of aryl methyl sites for hydroxylation is 1. The molecule has 0 aliphatic carbocycles. The second-order valence-electron chi connectivity index (χ2n) is 8.81. The number of methoxy groups -OCH3 is 2. The van der Waals surface area contributed by atoms with Gasteiger partial charge in [0.25, 0.3) is 5.91 Å². The number of nitrogens with one attached hydrogen (secondary N) is 1. The van der Waals surface area contributed by atoms with Gasteiger partial charge in [-0.15, -0.1) is 20.4 Å². The fourth-order valence-corrected chi connectivity index (χ4v) is 4.94. The van der Waals surface area contributed by atoms with Gasteiger partial charge in [-0.25, -0.2) is 4.98 Å². The van der Waals surface area contributed by atoms with Crippen molar-refractivity contribution >= 4 is 17.7 Å². The molecule has 0 fully saturated rings. The van der Waals surface area contributed by atoms with Crippen molar-refractivity contribution in [3.8, 4) is 34.0 Å². The highest BCUT2D eigenvalue weighted by Crippen LogP contribution is 2.38. The van der Waals surface area contributed by atoms with Gasteiger partial charge in [0.2, 0.25) is 5.82 Å². The number of hydrogen-bond donors (Lipinski definition) is 1. The van der Waals surface area contributed by atoms with Crippen molar-refractivity contribution in [3.05, 3.63) is 102 Å². The van der Waals surface area contributed by atoms with E-state index >= 15 is 0 Å². The predicted octanol–water partition coefficient (Wildman–Crippen LogP) is 5.40. The summed E-state index contributed by atoms with van der Waals surface area (Å²) in [5, 5.41) is 19.1. The molecular formula is C30H26N6O3S. The van der Waals surface area contributed by atoms with Crippen LogP contribution in [-0.4, -0.2) is 45.5 Å². The monoisotopic (exact) mass is 550 g/mol. The Hall–Kier alpha value is -4.83.